The second kappa shape index (κ2) is 12.6. The van der Waals surface area contributed by atoms with Crippen molar-refractivity contribution in [2.24, 2.45) is 0 Å². The van der Waals surface area contributed by atoms with Crippen molar-refractivity contribution in [1.82, 2.24) is 0 Å². The third-order valence-electron chi connectivity index (χ3n) is 3.90. The van der Waals surface area contributed by atoms with E-state index in [1.54, 1.807) is 0 Å². The van der Waals surface area contributed by atoms with Crippen LogP contribution in [0.25, 0.3) is 0 Å². The molecule has 0 aliphatic carbocycles. The van der Waals surface area contributed by atoms with Gasteiger partial charge in [-0.05, 0) is 12.8 Å². The van der Waals surface area contributed by atoms with E-state index >= 15 is 0 Å². The van der Waals surface area contributed by atoms with Crippen LogP contribution in [0.15, 0.2) is 0 Å². The monoisotopic (exact) mass is 306 g/mol. The summed E-state index contributed by atoms with van der Waals surface area (Å²) in [6.07, 6.45) is 13.2. The molecule has 0 saturated carbocycles. The van der Waals surface area contributed by atoms with Gasteiger partial charge in [0.15, 0.2) is 0 Å². The van der Waals surface area contributed by atoms with Gasteiger partial charge >= 0.3 is 0 Å². The molecule has 4 heteroatoms. The van der Waals surface area contributed by atoms with Crippen LogP contribution in [0.5, 0.6) is 0 Å². The molecular formula is C16H34O3S. The molecule has 0 atom stereocenters. The van der Waals surface area contributed by atoms with Gasteiger partial charge in [0.2, 0.25) is 0 Å². The van der Waals surface area contributed by atoms with Crippen molar-refractivity contribution in [2.45, 2.75) is 96.1 Å². The first-order valence-corrected chi connectivity index (χ1v) is 9.85. The second-order valence-electron chi connectivity index (χ2n) is 5.69. The van der Waals surface area contributed by atoms with E-state index in [0.717, 1.165) is 38.5 Å². The van der Waals surface area contributed by atoms with Gasteiger partial charge in [0.25, 0.3) is 10.1 Å². The Morgan fingerprint density at radius 3 is 1.50 bits per heavy atom. The molecule has 0 aromatic carbocycles. The minimum Gasteiger partial charge on any atom is -0.273 e. The van der Waals surface area contributed by atoms with Crippen molar-refractivity contribution < 1.29 is 12.6 Å². The quantitative estimate of drug-likeness (QED) is 0.333. The summed E-state index contributed by atoms with van der Waals surface area (Å²) < 4.78 is 28.6. The molecule has 0 N–H and O–H groups in total. The summed E-state index contributed by atoms with van der Waals surface area (Å²) in [5.74, 6) is 0. The molecule has 0 aliphatic rings. The van der Waals surface area contributed by atoms with Gasteiger partial charge in [-0.2, -0.15) is 8.42 Å². The van der Waals surface area contributed by atoms with Crippen molar-refractivity contribution in [3.8, 4) is 0 Å². The Balaban J connectivity index is 4.03. The van der Waals surface area contributed by atoms with E-state index in [4.69, 9.17) is 4.18 Å². The van der Waals surface area contributed by atoms with Crippen LogP contribution in [0.1, 0.15) is 90.9 Å². The molecule has 122 valence electrons. The number of hydrogen-bond donors (Lipinski definition) is 0. The van der Waals surface area contributed by atoms with Crippen molar-refractivity contribution in [2.75, 3.05) is 7.11 Å². The summed E-state index contributed by atoms with van der Waals surface area (Å²) in [6, 6.07) is 0. The van der Waals surface area contributed by atoms with E-state index in [9.17, 15) is 8.42 Å². The van der Waals surface area contributed by atoms with Crippen molar-refractivity contribution in [3.63, 3.8) is 0 Å². The van der Waals surface area contributed by atoms with Crippen LogP contribution in [0.4, 0.5) is 0 Å². The first-order valence-electron chi connectivity index (χ1n) is 8.37. The molecule has 0 aromatic rings. The van der Waals surface area contributed by atoms with Crippen LogP contribution in [-0.2, 0) is 14.3 Å². The smallest absolute Gasteiger partial charge is 0.269 e. The highest BCUT2D eigenvalue weighted by atomic mass is 32.2. The van der Waals surface area contributed by atoms with Gasteiger partial charge in [0.1, 0.15) is 0 Å². The summed E-state index contributed by atoms with van der Waals surface area (Å²) >= 11 is 0. The van der Waals surface area contributed by atoms with Crippen LogP contribution in [0, 0.1) is 0 Å². The van der Waals surface area contributed by atoms with Gasteiger partial charge in [-0.1, -0.05) is 78.1 Å². The van der Waals surface area contributed by atoms with Gasteiger partial charge in [0, 0.05) is 0 Å². The Bertz CT molecular complexity index is 285. The third-order valence-corrected chi connectivity index (χ3v) is 5.65. The summed E-state index contributed by atoms with van der Waals surface area (Å²) in [6.45, 7) is 4.38. The lowest BCUT2D eigenvalue weighted by Crippen LogP contribution is -2.22. The first kappa shape index (κ1) is 19.9. The maximum Gasteiger partial charge on any atom is 0.269 e. The van der Waals surface area contributed by atoms with Gasteiger partial charge in [-0.15, -0.1) is 0 Å². The van der Waals surface area contributed by atoms with Crippen LogP contribution in [-0.4, -0.2) is 20.8 Å². The summed E-state index contributed by atoms with van der Waals surface area (Å²) in [5, 5.41) is -0.296. The largest absolute Gasteiger partial charge is 0.273 e. The zero-order valence-electron chi connectivity index (χ0n) is 13.7. The highest BCUT2D eigenvalue weighted by Crippen LogP contribution is 2.20. The normalized spacial score (nSPS) is 12.2. The molecule has 0 heterocycles. The van der Waals surface area contributed by atoms with Crippen molar-refractivity contribution in [1.29, 1.82) is 0 Å². The molecular weight excluding hydrogens is 272 g/mol. The summed E-state index contributed by atoms with van der Waals surface area (Å²) in [5.41, 5.74) is 0. The van der Waals surface area contributed by atoms with E-state index in [1.807, 2.05) is 0 Å². The van der Waals surface area contributed by atoms with Gasteiger partial charge in [-0.25, -0.2) is 0 Å². The Kier molecular flexibility index (Phi) is 12.6. The Hall–Kier alpha value is -0.0900. The fraction of sp³-hybridized carbons (Fsp3) is 1.00. The highest BCUT2D eigenvalue weighted by molar-refractivity contribution is 7.87. The molecule has 0 amide bonds. The van der Waals surface area contributed by atoms with Crippen LogP contribution in [0.3, 0.4) is 0 Å². The second-order valence-corrected chi connectivity index (χ2v) is 7.67. The molecule has 0 unspecified atom stereocenters. The Morgan fingerprint density at radius 2 is 1.15 bits per heavy atom. The Labute approximate surface area is 126 Å². The molecule has 3 nitrogen and oxygen atoms in total. The lowest BCUT2D eigenvalue weighted by Gasteiger charge is -2.16. The molecule has 0 bridgehead atoms. The summed E-state index contributed by atoms with van der Waals surface area (Å²) in [4.78, 5) is 0. The minimum atomic E-state index is -3.35. The molecule has 0 aliphatic heterocycles. The van der Waals surface area contributed by atoms with E-state index < -0.39 is 10.1 Å². The van der Waals surface area contributed by atoms with Gasteiger partial charge in [-0.3, -0.25) is 4.18 Å². The molecule has 0 aromatic heterocycles. The molecule has 0 radical (unpaired) electrons. The predicted molar refractivity (Wildman–Crippen MR) is 86.5 cm³/mol. The molecule has 20 heavy (non-hydrogen) atoms. The lowest BCUT2D eigenvalue weighted by atomic mass is 10.0. The van der Waals surface area contributed by atoms with E-state index in [1.165, 1.54) is 45.6 Å². The molecule has 0 spiro atoms. The third kappa shape index (κ3) is 9.76. The van der Waals surface area contributed by atoms with E-state index in [-0.39, 0.29) is 5.25 Å². The first-order chi connectivity index (χ1) is 9.58. The molecule has 0 saturated heterocycles. The Morgan fingerprint density at radius 1 is 0.750 bits per heavy atom. The van der Waals surface area contributed by atoms with Crippen LogP contribution < -0.4 is 0 Å². The topological polar surface area (TPSA) is 43.4 Å². The van der Waals surface area contributed by atoms with Crippen molar-refractivity contribution >= 4 is 10.1 Å². The molecule has 0 fully saturated rings. The van der Waals surface area contributed by atoms with E-state index in [2.05, 4.69) is 13.8 Å². The fourth-order valence-electron chi connectivity index (χ4n) is 2.52. The fourth-order valence-corrected chi connectivity index (χ4v) is 3.70. The zero-order chi connectivity index (χ0) is 15.3. The molecule has 0 rings (SSSR count). The highest BCUT2D eigenvalue weighted by Gasteiger charge is 2.24. The standard InChI is InChI=1S/C16H34O3S/c1-4-6-8-10-12-14-16(20(17,18)19-3)15-13-11-9-7-5-2/h16H,4-15H2,1-3H3. The number of unbranched alkanes of at least 4 members (excludes halogenated alkanes) is 8. The number of rotatable bonds is 14. The average Bonchev–Trinajstić information content (AvgIpc) is 2.44. The lowest BCUT2D eigenvalue weighted by molar-refractivity contribution is 0.377. The van der Waals surface area contributed by atoms with Gasteiger partial charge < -0.3 is 0 Å². The average molecular weight is 307 g/mol. The van der Waals surface area contributed by atoms with Crippen molar-refractivity contribution in [3.05, 3.63) is 0 Å². The van der Waals surface area contributed by atoms with Gasteiger partial charge in [0.05, 0.1) is 12.4 Å². The number of hydrogen-bond acceptors (Lipinski definition) is 3. The predicted octanol–water partition coefficient (Wildman–Crippen LogP) is 5.05. The maximum absolute atomic E-state index is 11.9. The maximum atomic E-state index is 11.9. The zero-order valence-corrected chi connectivity index (χ0v) is 14.5. The SMILES string of the molecule is CCCCCCCC(CCCCCCC)S(=O)(=O)OC. The van der Waals surface area contributed by atoms with Crippen LogP contribution in [0.2, 0.25) is 0 Å². The minimum absolute atomic E-state index is 0.296. The summed E-state index contributed by atoms with van der Waals surface area (Å²) in [7, 11) is -2.06. The van der Waals surface area contributed by atoms with Crippen LogP contribution >= 0.6 is 0 Å². The van der Waals surface area contributed by atoms with E-state index in [0.29, 0.717) is 0 Å².